The fourth-order valence-electron chi connectivity index (χ4n) is 2.29. The molecular formula is C16H20N2O5. The molecule has 1 aromatic rings. The topological polar surface area (TPSA) is 105 Å². The third-order valence-electron chi connectivity index (χ3n) is 3.63. The van der Waals surface area contributed by atoms with Gasteiger partial charge in [-0.25, -0.2) is 0 Å². The lowest BCUT2D eigenvalue weighted by atomic mass is 9.99. The summed E-state index contributed by atoms with van der Waals surface area (Å²) >= 11 is 0. The predicted octanol–water partition coefficient (Wildman–Crippen LogP) is 1.26. The second-order valence-electron chi connectivity index (χ2n) is 5.35. The summed E-state index contributed by atoms with van der Waals surface area (Å²) in [5.74, 6) is -1.38. The molecule has 1 aliphatic rings. The number of nitrogens with one attached hydrogen (secondary N) is 2. The van der Waals surface area contributed by atoms with Gasteiger partial charge in [0.2, 0.25) is 5.91 Å². The van der Waals surface area contributed by atoms with Crippen LogP contribution in [0.5, 0.6) is 0 Å². The van der Waals surface area contributed by atoms with Crippen molar-refractivity contribution in [1.29, 1.82) is 0 Å². The number of hydrogen-bond acceptors (Lipinski definition) is 4. The van der Waals surface area contributed by atoms with Crippen molar-refractivity contribution in [1.82, 2.24) is 5.32 Å². The number of amides is 2. The molecule has 1 aromatic carbocycles. The van der Waals surface area contributed by atoms with Gasteiger partial charge in [-0.2, -0.15) is 0 Å². The number of aliphatic carboxylic acids is 1. The molecule has 23 heavy (non-hydrogen) atoms. The van der Waals surface area contributed by atoms with E-state index in [0.29, 0.717) is 24.5 Å². The first kappa shape index (κ1) is 17.0. The van der Waals surface area contributed by atoms with E-state index in [4.69, 9.17) is 9.84 Å². The van der Waals surface area contributed by atoms with Crippen LogP contribution in [0.3, 0.4) is 0 Å². The van der Waals surface area contributed by atoms with Crippen molar-refractivity contribution >= 4 is 23.5 Å². The molecule has 0 aromatic heterocycles. The second kappa shape index (κ2) is 8.28. The number of ether oxygens (including phenoxy) is 1. The Bertz CT molecular complexity index is 564. The molecule has 1 aliphatic heterocycles. The zero-order chi connectivity index (χ0) is 16.7. The van der Waals surface area contributed by atoms with Crippen LogP contribution in [-0.4, -0.2) is 42.6 Å². The van der Waals surface area contributed by atoms with E-state index in [1.165, 1.54) is 0 Å². The SMILES string of the molecule is O=C(O)CCNC(=O)c1ccc(NC(=O)C2CCOCC2)cc1. The second-order valence-corrected chi connectivity index (χ2v) is 5.35. The fraction of sp³-hybridized carbons (Fsp3) is 0.438. The Kier molecular flexibility index (Phi) is 6.10. The van der Waals surface area contributed by atoms with E-state index in [2.05, 4.69) is 10.6 Å². The van der Waals surface area contributed by atoms with Gasteiger partial charge in [-0.15, -0.1) is 0 Å². The van der Waals surface area contributed by atoms with Crippen LogP contribution in [0.4, 0.5) is 5.69 Å². The van der Waals surface area contributed by atoms with Gasteiger partial charge in [0.1, 0.15) is 0 Å². The molecule has 0 spiro atoms. The number of carboxylic acids is 1. The lowest BCUT2D eigenvalue weighted by Gasteiger charge is -2.21. The molecule has 7 heteroatoms. The maximum absolute atomic E-state index is 12.1. The highest BCUT2D eigenvalue weighted by molar-refractivity contribution is 5.96. The molecule has 0 atom stereocenters. The van der Waals surface area contributed by atoms with Gasteiger partial charge in [0, 0.05) is 36.9 Å². The van der Waals surface area contributed by atoms with Gasteiger partial charge in [0.05, 0.1) is 6.42 Å². The first-order valence-corrected chi connectivity index (χ1v) is 7.55. The number of carboxylic acid groups (broad SMARTS) is 1. The summed E-state index contributed by atoms with van der Waals surface area (Å²) in [6.45, 7) is 1.29. The monoisotopic (exact) mass is 320 g/mol. The summed E-state index contributed by atoms with van der Waals surface area (Å²) in [7, 11) is 0. The van der Waals surface area contributed by atoms with E-state index in [0.717, 1.165) is 12.8 Å². The minimum absolute atomic E-state index is 0.0352. The molecule has 2 rings (SSSR count). The van der Waals surface area contributed by atoms with E-state index in [1.807, 2.05) is 0 Å². The standard InChI is InChI=1S/C16H20N2O5/c19-14(20)5-8-17-15(21)11-1-3-13(4-2-11)18-16(22)12-6-9-23-10-7-12/h1-4,12H,5-10H2,(H,17,21)(H,18,22)(H,19,20). The Morgan fingerprint density at radius 3 is 2.39 bits per heavy atom. The molecule has 3 N–H and O–H groups in total. The van der Waals surface area contributed by atoms with Crippen LogP contribution < -0.4 is 10.6 Å². The predicted molar refractivity (Wildman–Crippen MR) is 83.2 cm³/mol. The summed E-state index contributed by atoms with van der Waals surface area (Å²) in [5, 5.41) is 13.9. The highest BCUT2D eigenvalue weighted by Gasteiger charge is 2.21. The maximum atomic E-state index is 12.1. The van der Waals surface area contributed by atoms with Crippen LogP contribution in [0.25, 0.3) is 0 Å². The molecule has 1 saturated heterocycles. The Hall–Kier alpha value is -2.41. The van der Waals surface area contributed by atoms with E-state index in [1.54, 1.807) is 24.3 Å². The van der Waals surface area contributed by atoms with Crippen molar-refractivity contribution in [2.45, 2.75) is 19.3 Å². The smallest absolute Gasteiger partial charge is 0.305 e. The summed E-state index contributed by atoms with van der Waals surface area (Å²) in [6, 6.07) is 6.50. The average Bonchev–Trinajstić information content (AvgIpc) is 2.56. The van der Waals surface area contributed by atoms with Gasteiger partial charge in [-0.1, -0.05) is 0 Å². The van der Waals surface area contributed by atoms with Gasteiger partial charge in [-0.05, 0) is 37.1 Å². The minimum Gasteiger partial charge on any atom is -0.481 e. The summed E-state index contributed by atoms with van der Waals surface area (Å²) in [5.41, 5.74) is 1.04. The number of carbonyl (C=O) groups excluding carboxylic acids is 2. The lowest BCUT2D eigenvalue weighted by molar-refractivity contribution is -0.136. The quantitative estimate of drug-likeness (QED) is 0.732. The molecule has 0 aliphatic carbocycles. The number of carbonyl (C=O) groups is 3. The van der Waals surface area contributed by atoms with E-state index in [9.17, 15) is 14.4 Å². The lowest BCUT2D eigenvalue weighted by Crippen LogP contribution is -2.28. The fourth-order valence-corrected chi connectivity index (χ4v) is 2.29. The molecule has 7 nitrogen and oxygen atoms in total. The molecular weight excluding hydrogens is 300 g/mol. The normalized spacial score (nSPS) is 15.0. The van der Waals surface area contributed by atoms with Crippen molar-refractivity contribution in [2.24, 2.45) is 5.92 Å². The largest absolute Gasteiger partial charge is 0.481 e. The van der Waals surface area contributed by atoms with Crippen LogP contribution in [0.2, 0.25) is 0 Å². The number of rotatable bonds is 6. The van der Waals surface area contributed by atoms with Crippen molar-refractivity contribution in [3.05, 3.63) is 29.8 Å². The Balaban J connectivity index is 1.84. The third kappa shape index (κ3) is 5.37. The molecule has 2 amide bonds. The van der Waals surface area contributed by atoms with Crippen LogP contribution in [0, 0.1) is 5.92 Å². The van der Waals surface area contributed by atoms with Crippen molar-refractivity contribution in [2.75, 3.05) is 25.1 Å². The Labute approximate surface area is 134 Å². The Morgan fingerprint density at radius 2 is 1.78 bits per heavy atom. The molecule has 0 unspecified atom stereocenters. The Morgan fingerprint density at radius 1 is 1.13 bits per heavy atom. The number of hydrogen-bond donors (Lipinski definition) is 3. The van der Waals surface area contributed by atoms with Crippen LogP contribution >= 0.6 is 0 Å². The molecule has 0 radical (unpaired) electrons. The highest BCUT2D eigenvalue weighted by atomic mass is 16.5. The summed E-state index contributed by atoms with van der Waals surface area (Å²) in [6.07, 6.45) is 1.32. The van der Waals surface area contributed by atoms with Crippen molar-refractivity contribution in [3.8, 4) is 0 Å². The summed E-state index contributed by atoms with van der Waals surface area (Å²) < 4.78 is 5.23. The zero-order valence-electron chi connectivity index (χ0n) is 12.7. The molecule has 1 heterocycles. The van der Waals surface area contributed by atoms with E-state index < -0.39 is 5.97 Å². The van der Waals surface area contributed by atoms with Gasteiger partial charge < -0.3 is 20.5 Å². The first-order valence-electron chi connectivity index (χ1n) is 7.55. The number of benzene rings is 1. The van der Waals surface area contributed by atoms with E-state index in [-0.39, 0.29) is 30.7 Å². The zero-order valence-corrected chi connectivity index (χ0v) is 12.7. The first-order chi connectivity index (χ1) is 11.1. The maximum Gasteiger partial charge on any atom is 0.305 e. The average molecular weight is 320 g/mol. The molecule has 124 valence electrons. The van der Waals surface area contributed by atoms with Gasteiger partial charge >= 0.3 is 5.97 Å². The third-order valence-corrected chi connectivity index (χ3v) is 3.63. The molecule has 0 saturated carbocycles. The molecule has 1 fully saturated rings. The van der Waals surface area contributed by atoms with Crippen LogP contribution in [0.15, 0.2) is 24.3 Å². The number of anilines is 1. The summed E-state index contributed by atoms with van der Waals surface area (Å²) in [4.78, 5) is 34.3. The highest BCUT2D eigenvalue weighted by Crippen LogP contribution is 2.18. The molecule has 0 bridgehead atoms. The van der Waals surface area contributed by atoms with E-state index >= 15 is 0 Å². The van der Waals surface area contributed by atoms with Crippen molar-refractivity contribution in [3.63, 3.8) is 0 Å². The minimum atomic E-state index is -0.962. The van der Waals surface area contributed by atoms with Crippen LogP contribution in [0.1, 0.15) is 29.6 Å². The van der Waals surface area contributed by atoms with Gasteiger partial charge in [-0.3, -0.25) is 14.4 Å². The van der Waals surface area contributed by atoms with Gasteiger partial charge in [0.15, 0.2) is 0 Å². The van der Waals surface area contributed by atoms with Crippen molar-refractivity contribution < 1.29 is 24.2 Å². The van der Waals surface area contributed by atoms with Crippen LogP contribution in [-0.2, 0) is 14.3 Å². The van der Waals surface area contributed by atoms with Gasteiger partial charge in [0.25, 0.3) is 5.91 Å².